The SMILES string of the molecule is CC(C)(C)c1csc(NC(=O)[C@@H]2CC(c3ccn(C(C)(C)C)n3)[C@H](c3ccc(Cl)cc3)N2)n1. The summed E-state index contributed by atoms with van der Waals surface area (Å²) in [7, 11) is 0. The largest absolute Gasteiger partial charge is 0.301 e. The second-order valence-corrected chi connectivity index (χ2v) is 12.0. The van der Waals surface area contributed by atoms with Gasteiger partial charge in [-0.05, 0) is 51.0 Å². The number of amides is 1. The fraction of sp³-hybridized carbons (Fsp3) is 0.480. The van der Waals surface area contributed by atoms with Crippen molar-refractivity contribution < 1.29 is 4.79 Å². The Kier molecular flexibility index (Phi) is 6.42. The zero-order valence-corrected chi connectivity index (χ0v) is 21.6. The molecule has 176 valence electrons. The third-order valence-corrected chi connectivity index (χ3v) is 7.01. The fourth-order valence-electron chi connectivity index (χ4n) is 4.04. The van der Waals surface area contributed by atoms with Crippen molar-refractivity contribution in [3.63, 3.8) is 0 Å². The Balaban J connectivity index is 1.57. The topological polar surface area (TPSA) is 71.8 Å². The maximum absolute atomic E-state index is 13.2. The van der Waals surface area contributed by atoms with E-state index in [0.717, 1.165) is 17.0 Å². The van der Waals surface area contributed by atoms with E-state index >= 15 is 0 Å². The molecule has 1 aliphatic rings. The summed E-state index contributed by atoms with van der Waals surface area (Å²) >= 11 is 7.59. The van der Waals surface area contributed by atoms with E-state index in [0.29, 0.717) is 16.6 Å². The molecule has 3 heterocycles. The lowest BCUT2D eigenvalue weighted by Gasteiger charge is -2.21. The lowest BCUT2D eigenvalue weighted by molar-refractivity contribution is -0.117. The van der Waals surface area contributed by atoms with E-state index in [4.69, 9.17) is 16.7 Å². The van der Waals surface area contributed by atoms with Crippen molar-refractivity contribution in [2.24, 2.45) is 0 Å². The smallest absolute Gasteiger partial charge is 0.243 e. The van der Waals surface area contributed by atoms with Crippen LogP contribution in [0.4, 0.5) is 5.13 Å². The van der Waals surface area contributed by atoms with Gasteiger partial charge in [0.2, 0.25) is 5.91 Å². The molecule has 33 heavy (non-hydrogen) atoms. The third kappa shape index (κ3) is 5.31. The van der Waals surface area contributed by atoms with Crippen LogP contribution in [0.5, 0.6) is 0 Å². The van der Waals surface area contributed by atoms with E-state index in [1.54, 1.807) is 0 Å². The Morgan fingerprint density at radius 1 is 1.15 bits per heavy atom. The van der Waals surface area contributed by atoms with E-state index in [1.807, 2.05) is 40.5 Å². The number of aromatic nitrogens is 3. The van der Waals surface area contributed by atoms with Gasteiger partial charge in [0.25, 0.3) is 0 Å². The molecule has 0 radical (unpaired) electrons. The number of anilines is 1. The van der Waals surface area contributed by atoms with Gasteiger partial charge in [0.05, 0.1) is 23.0 Å². The van der Waals surface area contributed by atoms with Crippen LogP contribution in [0.15, 0.2) is 41.9 Å². The van der Waals surface area contributed by atoms with E-state index in [1.165, 1.54) is 11.3 Å². The van der Waals surface area contributed by atoms with Crippen LogP contribution in [0.25, 0.3) is 0 Å². The third-order valence-electron chi connectivity index (χ3n) is 6.00. The van der Waals surface area contributed by atoms with Gasteiger partial charge in [-0.15, -0.1) is 11.3 Å². The van der Waals surface area contributed by atoms with Crippen molar-refractivity contribution in [3.05, 3.63) is 63.9 Å². The molecule has 1 unspecified atom stereocenters. The number of benzene rings is 1. The molecule has 2 aromatic heterocycles. The maximum Gasteiger partial charge on any atom is 0.243 e. The summed E-state index contributed by atoms with van der Waals surface area (Å²) in [5.41, 5.74) is 2.90. The zero-order chi connectivity index (χ0) is 24.0. The Hall–Kier alpha value is -2.22. The lowest BCUT2D eigenvalue weighted by atomic mass is 9.90. The van der Waals surface area contributed by atoms with Gasteiger partial charge in [-0.1, -0.05) is 44.5 Å². The molecule has 3 aromatic rings. The Labute approximate surface area is 204 Å². The highest BCUT2D eigenvalue weighted by molar-refractivity contribution is 7.14. The van der Waals surface area contributed by atoms with Crippen LogP contribution in [-0.2, 0) is 15.7 Å². The molecule has 3 atom stereocenters. The van der Waals surface area contributed by atoms with Crippen molar-refractivity contribution in [3.8, 4) is 0 Å². The van der Waals surface area contributed by atoms with E-state index < -0.39 is 0 Å². The number of carbonyl (C=O) groups is 1. The predicted octanol–water partition coefficient (Wildman–Crippen LogP) is 5.87. The highest BCUT2D eigenvalue weighted by Crippen LogP contribution is 2.40. The van der Waals surface area contributed by atoms with E-state index in [2.05, 4.69) is 63.2 Å². The molecule has 1 amide bonds. The number of hydrogen-bond acceptors (Lipinski definition) is 5. The molecule has 0 aliphatic carbocycles. The average Bonchev–Trinajstić information content (AvgIpc) is 3.46. The van der Waals surface area contributed by atoms with Gasteiger partial charge in [-0.3, -0.25) is 14.8 Å². The highest BCUT2D eigenvalue weighted by atomic mass is 35.5. The molecule has 6 nitrogen and oxygen atoms in total. The zero-order valence-electron chi connectivity index (χ0n) is 20.0. The number of rotatable bonds is 4. The van der Waals surface area contributed by atoms with E-state index in [9.17, 15) is 4.79 Å². The Morgan fingerprint density at radius 2 is 1.85 bits per heavy atom. The number of thiazole rings is 1. The van der Waals surface area contributed by atoms with Crippen molar-refractivity contribution in [2.45, 2.75) is 76.9 Å². The van der Waals surface area contributed by atoms with Crippen LogP contribution >= 0.6 is 22.9 Å². The molecule has 2 N–H and O–H groups in total. The molecule has 4 rings (SSSR count). The van der Waals surface area contributed by atoms with Gasteiger partial charge in [-0.25, -0.2) is 4.98 Å². The molecule has 0 bridgehead atoms. The number of nitrogens with one attached hydrogen (secondary N) is 2. The quantitative estimate of drug-likeness (QED) is 0.484. The summed E-state index contributed by atoms with van der Waals surface area (Å²) in [4.78, 5) is 17.8. The number of hydrogen-bond donors (Lipinski definition) is 2. The second-order valence-electron chi connectivity index (χ2n) is 10.7. The van der Waals surface area contributed by atoms with Crippen LogP contribution in [-0.4, -0.2) is 26.7 Å². The Morgan fingerprint density at radius 3 is 2.42 bits per heavy atom. The number of nitrogens with zero attached hydrogens (tertiary/aromatic N) is 3. The van der Waals surface area contributed by atoms with Gasteiger partial charge >= 0.3 is 0 Å². The first-order valence-corrected chi connectivity index (χ1v) is 12.5. The van der Waals surface area contributed by atoms with Gasteiger partial charge in [0, 0.05) is 34.0 Å². The van der Waals surface area contributed by atoms with Gasteiger partial charge < -0.3 is 5.32 Å². The molecule has 1 aromatic carbocycles. The van der Waals surface area contributed by atoms with Crippen LogP contribution in [0, 0.1) is 0 Å². The minimum Gasteiger partial charge on any atom is -0.301 e. The molecule has 1 fully saturated rings. The minimum atomic E-state index is -0.350. The van der Waals surface area contributed by atoms with Crippen LogP contribution < -0.4 is 10.6 Å². The Bertz CT molecular complexity index is 1120. The molecule has 1 saturated heterocycles. The molecule has 8 heteroatoms. The fourth-order valence-corrected chi connectivity index (χ4v) is 5.11. The summed E-state index contributed by atoms with van der Waals surface area (Å²) < 4.78 is 1.98. The summed E-state index contributed by atoms with van der Waals surface area (Å²) in [6.07, 6.45) is 2.67. The predicted molar refractivity (Wildman–Crippen MR) is 135 cm³/mol. The monoisotopic (exact) mass is 485 g/mol. The first-order valence-electron chi connectivity index (χ1n) is 11.3. The van der Waals surface area contributed by atoms with E-state index in [-0.39, 0.29) is 34.9 Å². The molecule has 0 spiro atoms. The van der Waals surface area contributed by atoms with Crippen LogP contribution in [0.2, 0.25) is 5.02 Å². The number of carbonyl (C=O) groups excluding carboxylic acids is 1. The van der Waals surface area contributed by atoms with Crippen molar-refractivity contribution in [1.29, 1.82) is 0 Å². The van der Waals surface area contributed by atoms with Crippen molar-refractivity contribution >= 4 is 34.0 Å². The molecule has 1 aliphatic heterocycles. The first-order chi connectivity index (χ1) is 15.4. The van der Waals surface area contributed by atoms with Gasteiger partial charge in [0.1, 0.15) is 0 Å². The summed E-state index contributed by atoms with van der Waals surface area (Å²) in [6, 6.07) is 9.49. The molecular weight excluding hydrogens is 454 g/mol. The van der Waals surface area contributed by atoms with Crippen LogP contribution in [0.3, 0.4) is 0 Å². The maximum atomic E-state index is 13.2. The van der Waals surface area contributed by atoms with Gasteiger partial charge in [0.15, 0.2) is 5.13 Å². The summed E-state index contributed by atoms with van der Waals surface area (Å²) in [5.74, 6) is -0.00603. The standard InChI is InChI=1S/C25H32ClN5OS/c1-24(2,3)20-14-33-23(28-20)29-22(32)19-13-17(18-11-12-31(30-18)25(4,5)6)21(27-19)15-7-9-16(26)10-8-15/h7-12,14,17,19,21,27H,13H2,1-6H3,(H,28,29,32)/t17?,19-,21-/m0/s1. The molecule has 0 saturated carbocycles. The summed E-state index contributed by atoms with van der Waals surface area (Å²) in [5, 5.41) is 14.8. The summed E-state index contributed by atoms with van der Waals surface area (Å²) in [6.45, 7) is 12.7. The first kappa shape index (κ1) is 23.9. The lowest BCUT2D eigenvalue weighted by Crippen LogP contribution is -2.36. The second kappa shape index (κ2) is 8.85. The van der Waals surface area contributed by atoms with Crippen molar-refractivity contribution in [2.75, 3.05) is 5.32 Å². The van der Waals surface area contributed by atoms with Gasteiger partial charge in [-0.2, -0.15) is 5.10 Å². The minimum absolute atomic E-state index is 0.0391. The molecular formula is C25H32ClN5OS. The number of halogens is 1. The van der Waals surface area contributed by atoms with Crippen LogP contribution in [0.1, 0.15) is 76.9 Å². The average molecular weight is 486 g/mol. The van der Waals surface area contributed by atoms with Crippen molar-refractivity contribution in [1.82, 2.24) is 20.1 Å². The normalized spacial score (nSPS) is 21.4. The highest BCUT2D eigenvalue weighted by Gasteiger charge is 2.40.